The van der Waals surface area contributed by atoms with Crippen molar-refractivity contribution in [3.8, 4) is 0 Å². The van der Waals surface area contributed by atoms with Crippen LogP contribution in [0.25, 0.3) is 0 Å². The maximum Gasteiger partial charge on any atom is 0.254 e. The molecule has 2 heterocycles. The van der Waals surface area contributed by atoms with Crippen LogP contribution in [0.5, 0.6) is 0 Å². The van der Waals surface area contributed by atoms with Crippen molar-refractivity contribution in [3.05, 3.63) is 65.9 Å². The Balaban J connectivity index is 1.27. The van der Waals surface area contributed by atoms with Crippen LogP contribution in [0.3, 0.4) is 0 Å². The summed E-state index contributed by atoms with van der Waals surface area (Å²) in [5.41, 5.74) is 1.53. The zero-order valence-electron chi connectivity index (χ0n) is 18.3. The molecule has 1 saturated carbocycles. The van der Waals surface area contributed by atoms with E-state index in [1.165, 1.54) is 11.2 Å². The molecule has 1 aliphatic heterocycles. The number of hydrogen-bond acceptors (Lipinski definition) is 7. The fraction of sp³-hybridized carbons (Fsp3) is 0.333. The molecule has 9 heteroatoms. The number of benzene rings is 2. The Morgan fingerprint density at radius 2 is 1.79 bits per heavy atom. The molecule has 1 saturated heterocycles. The Morgan fingerprint density at radius 3 is 2.45 bits per heavy atom. The summed E-state index contributed by atoms with van der Waals surface area (Å²) in [5.74, 6) is 0.302. The highest BCUT2D eigenvalue weighted by molar-refractivity contribution is 8.01. The molecule has 0 bridgehead atoms. The largest absolute Gasteiger partial charge is 0.345 e. The zero-order valence-corrected chi connectivity index (χ0v) is 20.8. The molecule has 0 spiro atoms. The van der Waals surface area contributed by atoms with E-state index in [4.69, 9.17) is 0 Å². The number of thiazole rings is 1. The second-order valence-corrected chi connectivity index (χ2v) is 12.9. The van der Waals surface area contributed by atoms with Gasteiger partial charge in [0, 0.05) is 42.9 Å². The third kappa shape index (κ3) is 5.10. The zero-order chi connectivity index (χ0) is 23.0. The van der Waals surface area contributed by atoms with E-state index in [1.807, 2.05) is 35.4 Å². The van der Waals surface area contributed by atoms with Crippen molar-refractivity contribution in [1.29, 1.82) is 0 Å². The van der Waals surface area contributed by atoms with Gasteiger partial charge in [-0.25, -0.2) is 13.4 Å². The molecule has 0 radical (unpaired) electrons. The quantitative estimate of drug-likeness (QED) is 0.496. The number of carbonyl (C=O) groups excluding carboxylic acids is 1. The third-order valence-corrected chi connectivity index (χ3v) is 9.25. The van der Waals surface area contributed by atoms with Gasteiger partial charge in [-0.05, 0) is 48.6 Å². The van der Waals surface area contributed by atoms with E-state index in [-0.39, 0.29) is 10.8 Å². The van der Waals surface area contributed by atoms with Crippen molar-refractivity contribution < 1.29 is 13.2 Å². The lowest BCUT2D eigenvalue weighted by atomic mass is 10.0. The highest BCUT2D eigenvalue weighted by Crippen LogP contribution is 2.42. The van der Waals surface area contributed by atoms with Crippen LogP contribution in [-0.4, -0.2) is 56.6 Å². The number of carbonyl (C=O) groups is 1. The molecule has 1 aliphatic carbocycles. The van der Waals surface area contributed by atoms with Crippen LogP contribution >= 0.6 is 23.1 Å². The van der Waals surface area contributed by atoms with Gasteiger partial charge < -0.3 is 9.80 Å². The third-order valence-electron chi connectivity index (χ3n) is 5.97. The molecule has 1 amide bonds. The van der Waals surface area contributed by atoms with Crippen molar-refractivity contribution >= 4 is 44.0 Å². The fourth-order valence-electron chi connectivity index (χ4n) is 4.02. The summed E-state index contributed by atoms with van der Waals surface area (Å²) in [7, 11) is -3.36. The number of piperazine rings is 1. The standard InChI is InChI=1S/C24H25N3O3S3/c1-33(29,30)19-9-10-20(17-7-8-17)21(15-19)23(28)26-11-13-27(14-12-26)24-25-16-22(32-24)31-18-5-3-2-4-6-18/h2-6,9-10,15-17H,7-8,11-14H2,1H3. The summed E-state index contributed by atoms with van der Waals surface area (Å²) in [6.45, 7) is 2.60. The topological polar surface area (TPSA) is 70.6 Å². The summed E-state index contributed by atoms with van der Waals surface area (Å²) >= 11 is 3.37. The Bertz CT molecular complexity index is 1260. The van der Waals surface area contributed by atoms with Gasteiger partial charge in [0.15, 0.2) is 15.0 Å². The number of nitrogens with zero attached hydrogens (tertiary/aromatic N) is 3. The predicted molar refractivity (Wildman–Crippen MR) is 132 cm³/mol. The summed E-state index contributed by atoms with van der Waals surface area (Å²) in [6.07, 6.45) is 5.21. The Morgan fingerprint density at radius 1 is 1.06 bits per heavy atom. The van der Waals surface area contributed by atoms with Gasteiger partial charge in [0.05, 0.1) is 15.3 Å². The molecular formula is C24H25N3O3S3. The Labute approximate surface area is 202 Å². The molecule has 5 rings (SSSR count). The number of rotatable bonds is 6. The first-order valence-corrected chi connectivity index (χ1v) is 14.5. The molecule has 0 atom stereocenters. The van der Waals surface area contributed by atoms with Crippen LogP contribution in [0.4, 0.5) is 5.13 Å². The number of aromatic nitrogens is 1. The minimum Gasteiger partial charge on any atom is -0.345 e. The number of sulfone groups is 1. The van der Waals surface area contributed by atoms with Crippen molar-refractivity contribution in [1.82, 2.24) is 9.88 Å². The fourth-order valence-corrected chi connectivity index (χ4v) is 6.68. The molecule has 3 aromatic rings. The lowest BCUT2D eigenvalue weighted by molar-refractivity contribution is 0.0745. The van der Waals surface area contributed by atoms with Gasteiger partial charge in [0.25, 0.3) is 5.91 Å². The van der Waals surface area contributed by atoms with E-state index in [2.05, 4.69) is 22.0 Å². The predicted octanol–water partition coefficient (Wildman–Crippen LogP) is 4.54. The summed E-state index contributed by atoms with van der Waals surface area (Å²) < 4.78 is 25.3. The Kier molecular flexibility index (Phi) is 6.20. The van der Waals surface area contributed by atoms with Crippen LogP contribution < -0.4 is 4.90 Å². The van der Waals surface area contributed by atoms with Crippen molar-refractivity contribution in [3.63, 3.8) is 0 Å². The smallest absolute Gasteiger partial charge is 0.254 e. The summed E-state index contributed by atoms with van der Waals surface area (Å²) in [6, 6.07) is 15.3. The highest BCUT2D eigenvalue weighted by Gasteiger charge is 2.32. The minimum absolute atomic E-state index is 0.0680. The highest BCUT2D eigenvalue weighted by atomic mass is 32.2. The maximum atomic E-state index is 13.4. The molecule has 0 unspecified atom stereocenters. The van der Waals surface area contributed by atoms with Crippen LogP contribution in [-0.2, 0) is 9.84 Å². The number of amides is 1. The molecular weight excluding hydrogens is 474 g/mol. The van der Waals surface area contributed by atoms with E-state index >= 15 is 0 Å². The van der Waals surface area contributed by atoms with Gasteiger partial charge in [-0.1, -0.05) is 47.4 Å². The second-order valence-electron chi connectivity index (χ2n) is 8.45. The lowest BCUT2D eigenvalue weighted by Crippen LogP contribution is -2.49. The van der Waals surface area contributed by atoms with Crippen LogP contribution in [0, 0.1) is 0 Å². The normalized spacial score (nSPS) is 16.8. The van der Waals surface area contributed by atoms with Gasteiger partial charge >= 0.3 is 0 Å². The first-order chi connectivity index (χ1) is 15.9. The molecule has 2 fully saturated rings. The molecule has 2 aliphatic rings. The molecule has 33 heavy (non-hydrogen) atoms. The van der Waals surface area contributed by atoms with Crippen molar-refractivity contribution in [2.45, 2.75) is 32.8 Å². The molecule has 0 N–H and O–H groups in total. The Hall–Kier alpha value is -2.36. The van der Waals surface area contributed by atoms with Crippen molar-refractivity contribution in [2.24, 2.45) is 0 Å². The molecule has 1 aromatic heterocycles. The van der Waals surface area contributed by atoms with Crippen LogP contribution in [0.15, 0.2) is 68.7 Å². The maximum absolute atomic E-state index is 13.4. The molecule has 6 nitrogen and oxygen atoms in total. The van der Waals surface area contributed by atoms with E-state index < -0.39 is 9.84 Å². The van der Waals surface area contributed by atoms with Crippen LogP contribution in [0.2, 0.25) is 0 Å². The SMILES string of the molecule is CS(=O)(=O)c1ccc(C2CC2)c(C(=O)N2CCN(c3ncc(Sc4ccccc4)s3)CC2)c1. The monoisotopic (exact) mass is 499 g/mol. The van der Waals surface area contributed by atoms with E-state index in [1.54, 1.807) is 35.2 Å². The van der Waals surface area contributed by atoms with Crippen molar-refractivity contribution in [2.75, 3.05) is 37.3 Å². The summed E-state index contributed by atoms with van der Waals surface area (Å²) in [5, 5.41) is 0.971. The van der Waals surface area contributed by atoms with Gasteiger partial charge in [-0.2, -0.15) is 0 Å². The van der Waals surface area contributed by atoms with Crippen LogP contribution in [0.1, 0.15) is 34.7 Å². The number of anilines is 1. The van der Waals surface area contributed by atoms with E-state index in [9.17, 15) is 13.2 Å². The molecule has 172 valence electrons. The minimum atomic E-state index is -3.36. The molecule has 2 aromatic carbocycles. The first-order valence-electron chi connectivity index (χ1n) is 11.0. The first kappa shape index (κ1) is 22.4. The van der Waals surface area contributed by atoms with E-state index in [0.717, 1.165) is 27.7 Å². The van der Waals surface area contributed by atoms with E-state index in [0.29, 0.717) is 37.7 Å². The average Bonchev–Trinajstić information content (AvgIpc) is 3.57. The average molecular weight is 500 g/mol. The lowest BCUT2D eigenvalue weighted by Gasteiger charge is -2.35. The van der Waals surface area contributed by atoms with Gasteiger partial charge in [-0.15, -0.1) is 0 Å². The van der Waals surface area contributed by atoms with Gasteiger partial charge in [-0.3, -0.25) is 4.79 Å². The second kappa shape index (κ2) is 9.12. The van der Waals surface area contributed by atoms with Gasteiger partial charge in [0.1, 0.15) is 0 Å². The summed E-state index contributed by atoms with van der Waals surface area (Å²) in [4.78, 5) is 23.4. The number of hydrogen-bond donors (Lipinski definition) is 0. The van der Waals surface area contributed by atoms with Gasteiger partial charge in [0.2, 0.25) is 0 Å².